The number of benzene rings is 1. The Bertz CT molecular complexity index is 854. The molecule has 5 heteroatoms. The summed E-state index contributed by atoms with van der Waals surface area (Å²) in [7, 11) is 0. The summed E-state index contributed by atoms with van der Waals surface area (Å²) in [5.74, 6) is 1.24. The van der Waals surface area contributed by atoms with Crippen molar-refractivity contribution in [3.05, 3.63) is 57.4 Å². The van der Waals surface area contributed by atoms with Gasteiger partial charge in [0.05, 0.1) is 17.6 Å². The summed E-state index contributed by atoms with van der Waals surface area (Å²) in [6, 6.07) is 10.3. The Hall–Kier alpha value is -2.25. The quantitative estimate of drug-likeness (QED) is 0.817. The molecular formula is C19H19ClN4. The second kappa shape index (κ2) is 5.99. The number of anilines is 1. The van der Waals surface area contributed by atoms with Crippen LogP contribution < -0.4 is 5.32 Å². The first-order valence-corrected chi connectivity index (χ1v) is 8.85. The molecule has 0 saturated heterocycles. The van der Waals surface area contributed by atoms with E-state index >= 15 is 0 Å². The van der Waals surface area contributed by atoms with Gasteiger partial charge in [-0.1, -0.05) is 43.1 Å². The summed E-state index contributed by atoms with van der Waals surface area (Å²) < 4.78 is 0. The van der Waals surface area contributed by atoms with Gasteiger partial charge in [-0.25, -0.2) is 0 Å². The highest BCUT2D eigenvalue weighted by Gasteiger charge is 2.38. The van der Waals surface area contributed by atoms with Crippen LogP contribution in [0.4, 0.5) is 5.82 Å². The fourth-order valence-corrected chi connectivity index (χ4v) is 3.81. The molecule has 1 aliphatic carbocycles. The third kappa shape index (κ3) is 2.40. The van der Waals surface area contributed by atoms with Gasteiger partial charge < -0.3 is 5.32 Å². The van der Waals surface area contributed by atoms with E-state index in [1.807, 2.05) is 24.3 Å². The van der Waals surface area contributed by atoms with Gasteiger partial charge in [-0.05, 0) is 30.9 Å². The van der Waals surface area contributed by atoms with Crippen molar-refractivity contribution in [3.63, 3.8) is 0 Å². The highest BCUT2D eigenvalue weighted by molar-refractivity contribution is 6.31. The zero-order chi connectivity index (χ0) is 16.7. The molecule has 0 bridgehead atoms. The van der Waals surface area contributed by atoms with Crippen LogP contribution in [0.2, 0.25) is 5.02 Å². The molecule has 1 saturated carbocycles. The number of nitrogens with zero attached hydrogens (tertiary/aromatic N) is 2. The van der Waals surface area contributed by atoms with Gasteiger partial charge in [-0.3, -0.25) is 5.10 Å². The first-order valence-electron chi connectivity index (χ1n) is 8.47. The van der Waals surface area contributed by atoms with E-state index in [2.05, 4.69) is 28.5 Å². The Morgan fingerprint density at radius 3 is 2.79 bits per heavy atom. The van der Waals surface area contributed by atoms with Gasteiger partial charge in [0.15, 0.2) is 5.82 Å². The molecule has 1 aliphatic heterocycles. The Morgan fingerprint density at radius 1 is 1.33 bits per heavy atom. The first-order chi connectivity index (χ1) is 11.7. The van der Waals surface area contributed by atoms with Crippen LogP contribution in [0.25, 0.3) is 0 Å². The van der Waals surface area contributed by atoms with Crippen LogP contribution in [0.3, 0.4) is 0 Å². The number of hydrogen-bond donors (Lipinski definition) is 2. The number of nitriles is 1. The molecule has 2 heterocycles. The van der Waals surface area contributed by atoms with Crippen LogP contribution in [0.15, 0.2) is 35.5 Å². The average molecular weight is 339 g/mol. The lowest BCUT2D eigenvalue weighted by atomic mass is 9.80. The Morgan fingerprint density at radius 2 is 2.12 bits per heavy atom. The Balaban J connectivity index is 1.94. The fraction of sp³-hybridized carbons (Fsp3) is 0.368. The summed E-state index contributed by atoms with van der Waals surface area (Å²) in [6.45, 7) is 2.11. The number of aromatic amines is 1. The number of H-pyrrole nitrogens is 1. The molecular weight excluding hydrogens is 320 g/mol. The van der Waals surface area contributed by atoms with E-state index in [0.29, 0.717) is 10.9 Å². The van der Waals surface area contributed by atoms with Gasteiger partial charge in [-0.15, -0.1) is 0 Å². The van der Waals surface area contributed by atoms with E-state index in [9.17, 15) is 5.26 Å². The standard InChI is InChI=1S/C19H19ClN4/c1-2-5-15-13(10-21)16(12-6-3-4-7-14(12)20)17-18(11-8-9-11)23-24-19(17)22-15/h3-4,6-7,11,16H,2,5,8-9H2,1H3,(H2,22,23,24). The summed E-state index contributed by atoms with van der Waals surface area (Å²) >= 11 is 6.50. The number of allylic oxidation sites excluding steroid dienone is 2. The lowest BCUT2D eigenvalue weighted by Gasteiger charge is -2.27. The van der Waals surface area contributed by atoms with Gasteiger partial charge in [0, 0.05) is 27.9 Å². The van der Waals surface area contributed by atoms with Crippen molar-refractivity contribution in [2.24, 2.45) is 0 Å². The molecule has 4 rings (SSSR count). The second-order valence-corrected chi connectivity index (χ2v) is 6.91. The molecule has 1 aromatic carbocycles. The molecule has 24 heavy (non-hydrogen) atoms. The number of halogens is 1. The van der Waals surface area contributed by atoms with Crippen molar-refractivity contribution in [2.45, 2.75) is 44.4 Å². The van der Waals surface area contributed by atoms with Crippen LogP contribution in [0, 0.1) is 11.3 Å². The second-order valence-electron chi connectivity index (χ2n) is 6.51. The van der Waals surface area contributed by atoms with Crippen molar-refractivity contribution >= 4 is 17.4 Å². The van der Waals surface area contributed by atoms with Gasteiger partial charge in [0.25, 0.3) is 0 Å². The van der Waals surface area contributed by atoms with Crippen LogP contribution >= 0.6 is 11.6 Å². The Labute approximate surface area is 146 Å². The van der Waals surface area contributed by atoms with Gasteiger partial charge >= 0.3 is 0 Å². The highest BCUT2D eigenvalue weighted by Crippen LogP contribution is 2.50. The molecule has 1 atom stereocenters. The van der Waals surface area contributed by atoms with Crippen molar-refractivity contribution in [3.8, 4) is 6.07 Å². The first kappa shape index (κ1) is 15.3. The van der Waals surface area contributed by atoms with Gasteiger partial charge in [0.1, 0.15) is 0 Å². The number of nitrogens with one attached hydrogen (secondary N) is 2. The minimum absolute atomic E-state index is 0.143. The molecule has 2 aliphatic rings. The van der Waals surface area contributed by atoms with E-state index in [1.54, 1.807) is 0 Å². The molecule has 2 N–H and O–H groups in total. The lowest BCUT2D eigenvalue weighted by Crippen LogP contribution is -2.19. The normalized spacial score (nSPS) is 19.6. The third-order valence-corrected chi connectivity index (χ3v) is 5.17. The largest absolute Gasteiger partial charge is 0.341 e. The minimum Gasteiger partial charge on any atom is -0.341 e. The molecule has 1 fully saturated rings. The van der Waals surface area contributed by atoms with E-state index < -0.39 is 0 Å². The zero-order valence-corrected chi connectivity index (χ0v) is 14.3. The van der Waals surface area contributed by atoms with Crippen LogP contribution in [-0.4, -0.2) is 10.2 Å². The summed E-state index contributed by atoms with van der Waals surface area (Å²) in [4.78, 5) is 0. The Kier molecular flexibility index (Phi) is 3.82. The predicted octanol–water partition coefficient (Wildman–Crippen LogP) is 5.08. The smallest absolute Gasteiger partial charge is 0.156 e. The van der Waals surface area contributed by atoms with Gasteiger partial charge in [-0.2, -0.15) is 10.4 Å². The van der Waals surface area contributed by atoms with E-state index in [-0.39, 0.29) is 5.92 Å². The molecule has 0 radical (unpaired) electrons. The number of fused-ring (bicyclic) bond motifs is 1. The SMILES string of the molecule is CCCC1=C(C#N)C(c2ccccc2Cl)c2c(n[nH]c2C2CC2)N1. The topological polar surface area (TPSA) is 64.5 Å². The zero-order valence-electron chi connectivity index (χ0n) is 13.6. The molecule has 0 amide bonds. The van der Waals surface area contributed by atoms with Gasteiger partial charge in [0.2, 0.25) is 0 Å². The number of aromatic nitrogens is 2. The van der Waals surface area contributed by atoms with Crippen LogP contribution in [0.5, 0.6) is 0 Å². The minimum atomic E-state index is -0.143. The fourth-order valence-electron chi connectivity index (χ4n) is 3.56. The monoisotopic (exact) mass is 338 g/mol. The summed E-state index contributed by atoms with van der Waals surface area (Å²) in [6.07, 6.45) is 4.15. The maximum absolute atomic E-state index is 9.90. The van der Waals surface area contributed by atoms with Crippen molar-refractivity contribution in [2.75, 3.05) is 5.32 Å². The van der Waals surface area contributed by atoms with E-state index in [1.165, 1.54) is 12.8 Å². The maximum atomic E-state index is 9.90. The van der Waals surface area contributed by atoms with E-state index in [4.69, 9.17) is 11.6 Å². The predicted molar refractivity (Wildman–Crippen MR) is 95.0 cm³/mol. The molecule has 122 valence electrons. The molecule has 1 unspecified atom stereocenters. The average Bonchev–Trinajstić information content (AvgIpc) is 3.35. The molecule has 2 aromatic rings. The summed E-state index contributed by atoms with van der Waals surface area (Å²) in [5.41, 5.74) is 4.97. The van der Waals surface area contributed by atoms with Crippen molar-refractivity contribution in [1.29, 1.82) is 5.26 Å². The number of hydrogen-bond acceptors (Lipinski definition) is 3. The highest BCUT2D eigenvalue weighted by atomic mass is 35.5. The third-order valence-electron chi connectivity index (χ3n) is 4.83. The molecule has 0 spiro atoms. The van der Waals surface area contributed by atoms with Crippen molar-refractivity contribution < 1.29 is 0 Å². The van der Waals surface area contributed by atoms with E-state index in [0.717, 1.165) is 46.8 Å². The number of rotatable bonds is 4. The van der Waals surface area contributed by atoms with Crippen LogP contribution in [0.1, 0.15) is 61.3 Å². The summed E-state index contributed by atoms with van der Waals surface area (Å²) in [5, 5.41) is 21.7. The van der Waals surface area contributed by atoms with Crippen LogP contribution in [-0.2, 0) is 0 Å². The maximum Gasteiger partial charge on any atom is 0.156 e. The van der Waals surface area contributed by atoms with Crippen molar-refractivity contribution in [1.82, 2.24) is 10.2 Å². The molecule has 1 aromatic heterocycles. The molecule has 4 nitrogen and oxygen atoms in total. The lowest BCUT2D eigenvalue weighted by molar-refractivity contribution is 0.841.